The fourth-order valence-electron chi connectivity index (χ4n) is 2.47. The number of aliphatic imine (C=N–C) groups is 1. The molecule has 1 aliphatic heterocycles. The number of nitrogens with zero attached hydrogens (tertiary/aromatic N) is 4. The van der Waals surface area contributed by atoms with Crippen molar-refractivity contribution in [2.24, 2.45) is 4.99 Å². The number of carbonyl (C=O) groups is 1. The Morgan fingerprint density at radius 3 is 2.92 bits per heavy atom. The van der Waals surface area contributed by atoms with Crippen molar-refractivity contribution in [2.45, 2.75) is 19.4 Å². The molecule has 7 heteroatoms. The number of carbonyl (C=O) groups excluding carboxylic acids is 1. The first-order valence-corrected chi connectivity index (χ1v) is 7.77. The monoisotopic (exact) mass is 323 g/mol. The van der Waals surface area contributed by atoms with Gasteiger partial charge in [0.1, 0.15) is 12.3 Å². The summed E-state index contributed by atoms with van der Waals surface area (Å²) in [4.78, 5) is 16.0. The average molecular weight is 323 g/mol. The van der Waals surface area contributed by atoms with Crippen molar-refractivity contribution in [3.05, 3.63) is 54.2 Å². The van der Waals surface area contributed by atoms with E-state index in [1.54, 1.807) is 18.3 Å². The number of hydrogen-bond donors (Lipinski definition) is 2. The van der Waals surface area contributed by atoms with Gasteiger partial charge >= 0.3 is 6.03 Å². The average Bonchev–Trinajstić information content (AvgIpc) is 3.05. The van der Waals surface area contributed by atoms with Gasteiger partial charge in [-0.1, -0.05) is 30.3 Å². The van der Waals surface area contributed by atoms with Gasteiger partial charge in [0.05, 0.1) is 0 Å². The zero-order valence-electron chi connectivity index (χ0n) is 13.4. The lowest BCUT2D eigenvalue weighted by Crippen LogP contribution is -2.33. The predicted molar refractivity (Wildman–Crippen MR) is 92.4 cm³/mol. The van der Waals surface area contributed by atoms with Crippen molar-refractivity contribution in [3.8, 4) is 0 Å². The van der Waals surface area contributed by atoms with Crippen LogP contribution in [0.1, 0.15) is 12.5 Å². The molecule has 7 nitrogen and oxygen atoms in total. The molecule has 3 rings (SSSR count). The Balaban J connectivity index is 1.61. The van der Waals surface area contributed by atoms with Crippen molar-refractivity contribution in [2.75, 3.05) is 11.9 Å². The van der Waals surface area contributed by atoms with Crippen LogP contribution in [-0.4, -0.2) is 45.4 Å². The van der Waals surface area contributed by atoms with Gasteiger partial charge in [0.2, 0.25) is 6.21 Å². The minimum Gasteiger partial charge on any atom is -0.289 e. The summed E-state index contributed by atoms with van der Waals surface area (Å²) in [5, 5.41) is 10.1. The molecule has 1 atom stereocenters. The van der Waals surface area contributed by atoms with E-state index in [1.807, 2.05) is 29.1 Å². The Hall–Kier alpha value is -3.09. The quantitative estimate of drug-likeness (QED) is 0.839. The summed E-state index contributed by atoms with van der Waals surface area (Å²) in [7, 11) is 0. The highest BCUT2D eigenvalue weighted by Gasteiger charge is 2.24. The molecular formula is C17H19N6O+. The second-order valence-corrected chi connectivity index (χ2v) is 5.55. The SMILES string of the molecule is CC(Cc1ccccc1)[N+]1=CC(=NC(=O)Nc2cccnn2)CN1. The van der Waals surface area contributed by atoms with E-state index in [-0.39, 0.29) is 6.04 Å². The van der Waals surface area contributed by atoms with E-state index < -0.39 is 6.03 Å². The van der Waals surface area contributed by atoms with Crippen LogP contribution in [0.3, 0.4) is 0 Å². The van der Waals surface area contributed by atoms with Gasteiger partial charge in [-0.2, -0.15) is 15.5 Å². The number of anilines is 1. The third kappa shape index (κ3) is 4.22. The molecule has 2 N–H and O–H groups in total. The predicted octanol–water partition coefficient (Wildman–Crippen LogP) is 1.68. The van der Waals surface area contributed by atoms with Gasteiger partial charge in [-0.15, -0.1) is 9.78 Å². The summed E-state index contributed by atoms with van der Waals surface area (Å²) in [5.74, 6) is 0.382. The summed E-state index contributed by atoms with van der Waals surface area (Å²) in [6.45, 7) is 2.64. The molecule has 0 aliphatic carbocycles. The molecular weight excluding hydrogens is 304 g/mol. The number of nitrogens with one attached hydrogen (secondary N) is 2. The van der Waals surface area contributed by atoms with E-state index in [4.69, 9.17) is 0 Å². The number of hydrazone groups is 1. The number of amides is 2. The Kier molecular flexibility index (Phi) is 4.90. The maximum Gasteiger partial charge on any atom is 0.347 e. The van der Waals surface area contributed by atoms with Crippen LogP contribution in [0.25, 0.3) is 0 Å². The molecule has 0 spiro atoms. The van der Waals surface area contributed by atoms with E-state index in [0.29, 0.717) is 18.1 Å². The minimum atomic E-state index is -0.457. The molecule has 1 aromatic heterocycles. The van der Waals surface area contributed by atoms with Crippen LogP contribution in [0.2, 0.25) is 0 Å². The molecule has 2 heterocycles. The zero-order valence-corrected chi connectivity index (χ0v) is 13.4. The van der Waals surface area contributed by atoms with Crippen LogP contribution in [0.5, 0.6) is 0 Å². The van der Waals surface area contributed by atoms with Gasteiger partial charge in [-0.3, -0.25) is 5.32 Å². The van der Waals surface area contributed by atoms with Crippen LogP contribution in [0.15, 0.2) is 53.7 Å². The van der Waals surface area contributed by atoms with E-state index in [1.165, 1.54) is 5.56 Å². The highest BCUT2D eigenvalue weighted by molar-refractivity contribution is 6.33. The van der Waals surface area contributed by atoms with Crippen LogP contribution < -0.4 is 10.7 Å². The van der Waals surface area contributed by atoms with Crippen LogP contribution >= 0.6 is 0 Å². The second kappa shape index (κ2) is 7.45. The molecule has 1 aliphatic rings. The first kappa shape index (κ1) is 15.8. The van der Waals surface area contributed by atoms with Gasteiger partial charge in [0.15, 0.2) is 11.9 Å². The molecule has 1 unspecified atom stereocenters. The molecule has 0 saturated carbocycles. The van der Waals surface area contributed by atoms with E-state index in [9.17, 15) is 4.79 Å². The summed E-state index contributed by atoms with van der Waals surface area (Å²) in [5.41, 5.74) is 5.18. The van der Waals surface area contributed by atoms with Crippen LogP contribution in [0.4, 0.5) is 10.6 Å². The fourth-order valence-corrected chi connectivity index (χ4v) is 2.47. The fraction of sp³-hybridized carbons (Fsp3) is 0.235. The van der Waals surface area contributed by atoms with E-state index >= 15 is 0 Å². The summed E-state index contributed by atoms with van der Waals surface area (Å²) in [6.07, 6.45) is 4.31. The van der Waals surface area contributed by atoms with Crippen molar-refractivity contribution in [3.63, 3.8) is 0 Å². The van der Waals surface area contributed by atoms with Crippen LogP contribution in [0, 0.1) is 0 Å². The lowest BCUT2D eigenvalue weighted by atomic mass is 10.1. The highest BCUT2D eigenvalue weighted by Crippen LogP contribution is 2.06. The maximum absolute atomic E-state index is 11.9. The number of aromatic nitrogens is 2. The first-order valence-electron chi connectivity index (χ1n) is 7.77. The van der Waals surface area contributed by atoms with Crippen molar-refractivity contribution in [1.82, 2.24) is 15.6 Å². The molecule has 0 bridgehead atoms. The third-order valence-electron chi connectivity index (χ3n) is 3.63. The number of urea groups is 1. The molecule has 0 saturated heterocycles. The maximum atomic E-state index is 11.9. The normalized spacial score (nSPS) is 16.4. The first-order chi connectivity index (χ1) is 11.7. The molecule has 1 aromatic carbocycles. The van der Waals surface area contributed by atoms with Crippen molar-refractivity contribution < 1.29 is 9.48 Å². The molecule has 0 radical (unpaired) electrons. The number of benzene rings is 1. The Morgan fingerprint density at radius 2 is 2.17 bits per heavy atom. The van der Waals surface area contributed by atoms with Gasteiger partial charge in [-0.05, 0) is 17.7 Å². The molecule has 0 fully saturated rings. The number of hydrogen-bond acceptors (Lipinski definition) is 4. The van der Waals surface area contributed by atoms with Gasteiger partial charge in [-0.25, -0.2) is 4.79 Å². The Bertz CT molecular complexity index is 757. The van der Waals surface area contributed by atoms with Crippen LogP contribution in [-0.2, 0) is 6.42 Å². The summed E-state index contributed by atoms with van der Waals surface area (Å²) in [6, 6.07) is 13.5. The molecule has 2 aromatic rings. The number of rotatable bonds is 4. The standard InChI is InChI=1S/C17H18N6O/c1-13(10-14-6-3-2-4-7-14)23-12-15(11-19-23)20-17(24)21-16-8-5-9-18-22-16/h2-9,12-13H,10-11H2,1H3,(H-,19,20,21,22,24)/p+1. The summed E-state index contributed by atoms with van der Waals surface area (Å²) < 4.78 is 1.99. The Morgan fingerprint density at radius 1 is 1.33 bits per heavy atom. The van der Waals surface area contributed by atoms with E-state index in [2.05, 4.69) is 45.0 Å². The van der Waals surface area contributed by atoms with Crippen molar-refractivity contribution >= 4 is 23.8 Å². The number of hydrazine groups is 1. The minimum absolute atomic E-state index is 0.253. The Labute approximate surface area is 140 Å². The molecule has 24 heavy (non-hydrogen) atoms. The lowest BCUT2D eigenvalue weighted by Gasteiger charge is -2.07. The highest BCUT2D eigenvalue weighted by atomic mass is 16.2. The molecule has 122 valence electrons. The van der Waals surface area contributed by atoms with Gasteiger partial charge < -0.3 is 0 Å². The largest absolute Gasteiger partial charge is 0.347 e. The van der Waals surface area contributed by atoms with Crippen molar-refractivity contribution in [1.29, 1.82) is 0 Å². The third-order valence-corrected chi connectivity index (χ3v) is 3.63. The lowest BCUT2D eigenvalue weighted by molar-refractivity contribution is -0.606. The van der Waals surface area contributed by atoms with Gasteiger partial charge in [0, 0.05) is 19.5 Å². The topological polar surface area (TPSA) is 82.3 Å². The smallest absolute Gasteiger partial charge is 0.289 e. The molecule has 2 amide bonds. The second-order valence-electron chi connectivity index (χ2n) is 5.55. The van der Waals surface area contributed by atoms with Gasteiger partial charge in [0.25, 0.3) is 0 Å². The van der Waals surface area contributed by atoms with E-state index in [0.717, 1.165) is 6.42 Å². The summed E-state index contributed by atoms with van der Waals surface area (Å²) >= 11 is 0. The zero-order chi connectivity index (χ0) is 16.8.